The Morgan fingerprint density at radius 3 is 2.07 bits per heavy atom. The predicted molar refractivity (Wildman–Crippen MR) is 46.5 cm³/mol. The van der Waals surface area contributed by atoms with Crippen LogP contribution in [-0.2, 0) is 19.1 Å². The zero-order chi connectivity index (χ0) is 11.3. The van der Waals surface area contributed by atoms with Gasteiger partial charge in [-0.1, -0.05) is 0 Å². The van der Waals surface area contributed by atoms with Crippen LogP contribution in [0, 0.1) is 0 Å². The summed E-state index contributed by atoms with van der Waals surface area (Å²) in [5, 5.41) is 0. The normalized spacial score (nSPS) is 14.2. The van der Waals surface area contributed by atoms with Crippen LogP contribution in [0.3, 0.4) is 0 Å². The SMILES string of the molecule is C[C@@H](N)C(=O)OC(=O)[C@@H](N)CC(N)=O. The zero-order valence-electron chi connectivity index (χ0n) is 7.73. The molecule has 0 unspecified atom stereocenters. The number of hydrogen-bond acceptors (Lipinski definition) is 6. The Balaban J connectivity index is 4.08. The first-order chi connectivity index (χ1) is 6.34. The third kappa shape index (κ3) is 4.53. The van der Waals surface area contributed by atoms with Gasteiger partial charge in [-0.2, -0.15) is 0 Å². The van der Waals surface area contributed by atoms with Crippen LogP contribution in [-0.4, -0.2) is 29.9 Å². The molecule has 1 amide bonds. The molecule has 7 nitrogen and oxygen atoms in total. The summed E-state index contributed by atoms with van der Waals surface area (Å²) in [4.78, 5) is 32.1. The average Bonchev–Trinajstić information content (AvgIpc) is 2.02. The summed E-state index contributed by atoms with van der Waals surface area (Å²) in [5.74, 6) is -2.65. The van der Waals surface area contributed by atoms with Crippen LogP contribution in [0.2, 0.25) is 0 Å². The van der Waals surface area contributed by atoms with E-state index in [1.807, 2.05) is 0 Å². The van der Waals surface area contributed by atoms with Crippen molar-refractivity contribution in [2.75, 3.05) is 0 Å². The van der Waals surface area contributed by atoms with E-state index in [2.05, 4.69) is 4.74 Å². The quantitative estimate of drug-likeness (QED) is 0.344. The van der Waals surface area contributed by atoms with Gasteiger partial charge in [0, 0.05) is 0 Å². The van der Waals surface area contributed by atoms with Gasteiger partial charge in [-0.25, -0.2) is 9.59 Å². The van der Waals surface area contributed by atoms with Crippen molar-refractivity contribution in [1.82, 2.24) is 0 Å². The van der Waals surface area contributed by atoms with Crippen LogP contribution in [0.15, 0.2) is 0 Å². The van der Waals surface area contributed by atoms with Gasteiger partial charge in [0.05, 0.1) is 6.42 Å². The first-order valence-corrected chi connectivity index (χ1v) is 3.89. The number of rotatable bonds is 4. The van der Waals surface area contributed by atoms with E-state index in [-0.39, 0.29) is 6.42 Å². The third-order valence-corrected chi connectivity index (χ3v) is 1.30. The topological polar surface area (TPSA) is 138 Å². The van der Waals surface area contributed by atoms with E-state index < -0.39 is 29.9 Å². The highest BCUT2D eigenvalue weighted by Crippen LogP contribution is 1.93. The Labute approximate surface area is 80.5 Å². The molecule has 7 heteroatoms. The summed E-state index contributed by atoms with van der Waals surface area (Å²) < 4.78 is 4.24. The first kappa shape index (κ1) is 12.5. The van der Waals surface area contributed by atoms with Gasteiger partial charge in [0.1, 0.15) is 12.1 Å². The summed E-state index contributed by atoms with van der Waals surface area (Å²) in [5.41, 5.74) is 15.1. The molecule has 80 valence electrons. The van der Waals surface area contributed by atoms with Crippen LogP contribution in [0.1, 0.15) is 13.3 Å². The molecule has 0 heterocycles. The highest BCUT2D eigenvalue weighted by molar-refractivity contribution is 5.92. The van der Waals surface area contributed by atoms with E-state index in [4.69, 9.17) is 17.2 Å². The van der Waals surface area contributed by atoms with Crippen LogP contribution in [0.4, 0.5) is 0 Å². The van der Waals surface area contributed by atoms with Gasteiger partial charge in [0.2, 0.25) is 5.91 Å². The highest BCUT2D eigenvalue weighted by Gasteiger charge is 2.22. The molecule has 0 aromatic carbocycles. The number of carbonyl (C=O) groups excluding carboxylic acids is 3. The summed E-state index contributed by atoms with van der Waals surface area (Å²) in [6.07, 6.45) is -0.370. The van der Waals surface area contributed by atoms with Gasteiger partial charge in [0.15, 0.2) is 0 Å². The summed E-state index contributed by atoms with van der Waals surface area (Å²) in [6.45, 7) is 1.36. The van der Waals surface area contributed by atoms with Gasteiger partial charge in [-0.3, -0.25) is 4.79 Å². The van der Waals surface area contributed by atoms with Crippen molar-refractivity contribution in [3.63, 3.8) is 0 Å². The minimum absolute atomic E-state index is 0.370. The van der Waals surface area contributed by atoms with Crippen LogP contribution in [0.25, 0.3) is 0 Å². The molecule has 0 aliphatic rings. The van der Waals surface area contributed by atoms with Gasteiger partial charge in [-0.05, 0) is 6.92 Å². The lowest BCUT2D eigenvalue weighted by Gasteiger charge is -2.09. The molecule has 6 N–H and O–H groups in total. The molecular formula is C7H13N3O4. The molecule has 0 aliphatic carbocycles. The van der Waals surface area contributed by atoms with E-state index in [0.29, 0.717) is 0 Å². The second kappa shape index (κ2) is 5.30. The standard InChI is InChI=1S/C7H13N3O4/c1-3(8)6(12)14-7(13)4(9)2-5(10)11/h3-4H,2,8-9H2,1H3,(H2,10,11)/t3-,4+/m1/s1. The van der Waals surface area contributed by atoms with Crippen molar-refractivity contribution in [3.05, 3.63) is 0 Å². The van der Waals surface area contributed by atoms with Crippen molar-refractivity contribution < 1.29 is 19.1 Å². The van der Waals surface area contributed by atoms with Crippen LogP contribution in [0.5, 0.6) is 0 Å². The summed E-state index contributed by atoms with van der Waals surface area (Å²) >= 11 is 0. The Kier molecular flexibility index (Phi) is 4.74. The maximum atomic E-state index is 11.0. The molecular weight excluding hydrogens is 190 g/mol. The summed E-state index contributed by atoms with van der Waals surface area (Å²) in [7, 11) is 0. The largest absolute Gasteiger partial charge is 0.391 e. The maximum Gasteiger partial charge on any atom is 0.331 e. The molecule has 0 bridgehead atoms. The molecule has 14 heavy (non-hydrogen) atoms. The van der Waals surface area contributed by atoms with Gasteiger partial charge < -0.3 is 21.9 Å². The molecule has 0 saturated heterocycles. The van der Waals surface area contributed by atoms with Crippen molar-refractivity contribution >= 4 is 17.8 Å². The minimum Gasteiger partial charge on any atom is -0.391 e. The molecule has 2 atom stereocenters. The van der Waals surface area contributed by atoms with Crippen LogP contribution >= 0.6 is 0 Å². The van der Waals surface area contributed by atoms with Gasteiger partial charge in [-0.15, -0.1) is 0 Å². The Bertz CT molecular complexity index is 251. The molecule has 0 saturated carbocycles. The van der Waals surface area contributed by atoms with Crippen molar-refractivity contribution in [2.24, 2.45) is 17.2 Å². The number of ether oxygens (including phenoxy) is 1. The molecule has 0 radical (unpaired) electrons. The molecule has 0 aromatic rings. The molecule has 0 aromatic heterocycles. The number of esters is 2. The zero-order valence-corrected chi connectivity index (χ0v) is 7.73. The van der Waals surface area contributed by atoms with E-state index in [1.165, 1.54) is 6.92 Å². The second-order valence-electron chi connectivity index (χ2n) is 2.81. The fourth-order valence-electron chi connectivity index (χ4n) is 0.568. The van der Waals surface area contributed by atoms with E-state index in [9.17, 15) is 14.4 Å². The Morgan fingerprint density at radius 2 is 1.71 bits per heavy atom. The number of primary amides is 1. The maximum absolute atomic E-state index is 11.0. The average molecular weight is 203 g/mol. The first-order valence-electron chi connectivity index (χ1n) is 3.89. The minimum atomic E-state index is -1.23. The third-order valence-electron chi connectivity index (χ3n) is 1.30. The van der Waals surface area contributed by atoms with E-state index in [0.717, 1.165) is 0 Å². The number of carbonyl (C=O) groups is 3. The number of nitrogens with two attached hydrogens (primary N) is 3. The van der Waals surface area contributed by atoms with Crippen LogP contribution < -0.4 is 17.2 Å². The van der Waals surface area contributed by atoms with Crippen molar-refractivity contribution in [3.8, 4) is 0 Å². The van der Waals surface area contributed by atoms with Gasteiger partial charge in [0.25, 0.3) is 0 Å². The number of hydrogen-bond donors (Lipinski definition) is 3. The van der Waals surface area contributed by atoms with Crippen molar-refractivity contribution in [1.29, 1.82) is 0 Å². The Morgan fingerprint density at radius 1 is 1.21 bits per heavy atom. The fourth-order valence-corrected chi connectivity index (χ4v) is 0.568. The number of amides is 1. The molecule has 0 fully saturated rings. The molecule has 0 rings (SSSR count). The second-order valence-corrected chi connectivity index (χ2v) is 2.81. The predicted octanol–water partition coefficient (Wildman–Crippen LogP) is -2.39. The highest BCUT2D eigenvalue weighted by atomic mass is 16.6. The molecule has 0 aliphatic heterocycles. The van der Waals surface area contributed by atoms with Crippen molar-refractivity contribution in [2.45, 2.75) is 25.4 Å². The monoisotopic (exact) mass is 203 g/mol. The summed E-state index contributed by atoms with van der Waals surface area (Å²) in [6, 6.07) is -2.14. The lowest BCUT2D eigenvalue weighted by molar-refractivity contribution is -0.161. The lowest BCUT2D eigenvalue weighted by Crippen LogP contribution is -2.40. The van der Waals surface area contributed by atoms with E-state index in [1.54, 1.807) is 0 Å². The fraction of sp³-hybridized carbons (Fsp3) is 0.571. The van der Waals surface area contributed by atoms with E-state index >= 15 is 0 Å². The smallest absolute Gasteiger partial charge is 0.331 e. The molecule has 0 spiro atoms. The van der Waals surface area contributed by atoms with Gasteiger partial charge >= 0.3 is 11.9 Å². The Hall–Kier alpha value is -1.47. The lowest BCUT2D eigenvalue weighted by atomic mass is 10.2.